The monoisotopic (exact) mass is 796 g/mol. The molecule has 57 heavy (non-hydrogen) atoms. The molecule has 0 fully saturated rings. The Morgan fingerprint density at radius 3 is 1.37 bits per heavy atom. The van der Waals surface area contributed by atoms with Crippen molar-refractivity contribution in [2.75, 3.05) is 52.7 Å². The van der Waals surface area contributed by atoms with Crippen molar-refractivity contribution in [3.63, 3.8) is 0 Å². The number of carbonyl (C=O) groups is 5. The molecular formula is C42H56N2O13. The van der Waals surface area contributed by atoms with E-state index in [1.165, 1.54) is 6.92 Å². The fourth-order valence-electron chi connectivity index (χ4n) is 4.41. The number of hydrogen-bond acceptors (Lipinski definition) is 13. The lowest BCUT2D eigenvalue weighted by Gasteiger charge is -2.20. The molecule has 0 radical (unpaired) electrons. The van der Waals surface area contributed by atoms with Gasteiger partial charge in [0.2, 0.25) is 0 Å². The standard InChI is InChI=1S/C42H56N2O13/c1-30(2)38(45)50-23-14-8-12-21-43-41(48)56-36(26-52-33-17-10-7-11-18-33)27-53-34-19-16-20-35(25-34)54-28-37(29-55-40(47)32(5)6)57-42(49)44-22-13-9-15-24-51-39(46)31(3)4/h7,10-11,16-20,25,36-37H,1,3,5,8-9,12-15,21-24,26-29H2,2,4,6H3,(H,43,48)(H,44,49). The van der Waals surface area contributed by atoms with Crippen molar-refractivity contribution in [2.24, 2.45) is 0 Å². The molecule has 0 bridgehead atoms. The fourth-order valence-corrected chi connectivity index (χ4v) is 4.41. The Bertz CT molecular complexity index is 1610. The van der Waals surface area contributed by atoms with Crippen LogP contribution in [0.5, 0.6) is 17.2 Å². The number of alkyl carbamates (subject to hydrolysis) is 2. The van der Waals surface area contributed by atoms with Gasteiger partial charge in [0.25, 0.3) is 0 Å². The Hall–Kier alpha value is -5.99. The lowest BCUT2D eigenvalue weighted by molar-refractivity contribution is -0.142. The summed E-state index contributed by atoms with van der Waals surface area (Å²) in [6, 6.07) is 15.7. The first-order valence-corrected chi connectivity index (χ1v) is 18.7. The summed E-state index contributed by atoms with van der Waals surface area (Å²) < 4.78 is 44.2. The fraction of sp³-hybridized carbons (Fsp3) is 0.452. The third-order valence-electron chi connectivity index (χ3n) is 7.50. The van der Waals surface area contributed by atoms with Gasteiger partial charge in [0.05, 0.1) is 13.2 Å². The highest BCUT2D eigenvalue weighted by Crippen LogP contribution is 2.21. The van der Waals surface area contributed by atoms with Crippen LogP contribution in [0.15, 0.2) is 91.1 Å². The molecule has 0 spiro atoms. The van der Waals surface area contributed by atoms with E-state index in [2.05, 4.69) is 30.4 Å². The summed E-state index contributed by atoms with van der Waals surface area (Å²) in [7, 11) is 0. The van der Waals surface area contributed by atoms with Gasteiger partial charge in [-0.2, -0.15) is 0 Å². The van der Waals surface area contributed by atoms with Crippen LogP contribution in [0.1, 0.15) is 59.3 Å². The summed E-state index contributed by atoms with van der Waals surface area (Å²) in [5, 5.41) is 5.37. The normalized spacial score (nSPS) is 11.4. The van der Waals surface area contributed by atoms with Crippen LogP contribution in [0.25, 0.3) is 0 Å². The van der Waals surface area contributed by atoms with Gasteiger partial charge in [0.15, 0.2) is 12.2 Å². The van der Waals surface area contributed by atoms with Gasteiger partial charge < -0.3 is 48.5 Å². The van der Waals surface area contributed by atoms with E-state index in [4.69, 9.17) is 37.9 Å². The first-order chi connectivity index (χ1) is 27.3. The number of ether oxygens (including phenoxy) is 8. The highest BCUT2D eigenvalue weighted by molar-refractivity contribution is 5.87. The molecule has 2 N–H and O–H groups in total. The lowest BCUT2D eigenvalue weighted by atomic mass is 10.2. The minimum absolute atomic E-state index is 0.0105. The maximum absolute atomic E-state index is 12.7. The summed E-state index contributed by atoms with van der Waals surface area (Å²) in [5.74, 6) is -0.163. The number of nitrogens with one attached hydrogen (secondary N) is 2. The number of carbonyl (C=O) groups excluding carboxylic acids is 5. The molecule has 2 aromatic carbocycles. The molecule has 0 aliphatic rings. The molecule has 312 valence electrons. The second-order valence-electron chi connectivity index (χ2n) is 13.0. The Labute approximate surface area is 334 Å². The van der Waals surface area contributed by atoms with Gasteiger partial charge in [-0.3, -0.25) is 0 Å². The van der Waals surface area contributed by atoms with Crippen LogP contribution in [0.4, 0.5) is 9.59 Å². The van der Waals surface area contributed by atoms with Crippen LogP contribution < -0.4 is 24.8 Å². The highest BCUT2D eigenvalue weighted by atomic mass is 16.6. The first-order valence-electron chi connectivity index (χ1n) is 18.7. The third kappa shape index (κ3) is 22.2. The quantitative estimate of drug-likeness (QED) is 0.0417. The van der Waals surface area contributed by atoms with Crippen molar-refractivity contribution in [2.45, 2.75) is 71.5 Å². The van der Waals surface area contributed by atoms with Gasteiger partial charge in [0.1, 0.15) is 43.7 Å². The van der Waals surface area contributed by atoms with Gasteiger partial charge >= 0.3 is 30.1 Å². The maximum Gasteiger partial charge on any atom is 0.407 e. The van der Waals surface area contributed by atoms with Crippen LogP contribution in [0, 0.1) is 0 Å². The van der Waals surface area contributed by atoms with E-state index in [0.29, 0.717) is 73.6 Å². The molecule has 0 aliphatic heterocycles. The molecule has 2 aromatic rings. The lowest BCUT2D eigenvalue weighted by Crippen LogP contribution is -2.36. The minimum Gasteiger partial charge on any atom is -0.490 e. The van der Waals surface area contributed by atoms with Gasteiger partial charge in [-0.25, -0.2) is 24.0 Å². The summed E-state index contributed by atoms with van der Waals surface area (Å²) in [6.07, 6.45) is 0.824. The zero-order chi connectivity index (χ0) is 41.8. The van der Waals surface area contributed by atoms with E-state index in [-0.39, 0.29) is 45.2 Å². The average Bonchev–Trinajstić information content (AvgIpc) is 3.19. The van der Waals surface area contributed by atoms with Crippen molar-refractivity contribution in [1.29, 1.82) is 0 Å². The molecule has 0 aromatic heterocycles. The molecule has 15 nitrogen and oxygen atoms in total. The Balaban J connectivity index is 1.90. The molecule has 2 amide bonds. The molecule has 2 rings (SSSR count). The summed E-state index contributed by atoms with van der Waals surface area (Å²) in [6.45, 7) is 16.0. The van der Waals surface area contributed by atoms with Crippen LogP contribution >= 0.6 is 0 Å². The molecule has 0 aliphatic carbocycles. The Kier molecular flexibility index (Phi) is 22.8. The number of unbranched alkanes of at least 4 members (excludes halogenated alkanes) is 4. The predicted octanol–water partition coefficient (Wildman–Crippen LogP) is 6.41. The maximum atomic E-state index is 12.7. The van der Waals surface area contributed by atoms with Gasteiger partial charge in [-0.1, -0.05) is 44.0 Å². The second-order valence-corrected chi connectivity index (χ2v) is 13.0. The number of benzene rings is 2. The molecule has 2 unspecified atom stereocenters. The SMILES string of the molecule is C=C(C)C(=O)OCCCCCNC(=O)OC(COC(=O)C(=C)C)COc1cccc(OCC(COc2ccccc2)OC(=O)NCCCCCOC(=O)C(=C)C)c1. The van der Waals surface area contributed by atoms with Crippen LogP contribution in [-0.2, 0) is 38.1 Å². The van der Waals surface area contributed by atoms with Crippen molar-refractivity contribution in [3.05, 3.63) is 91.1 Å². The van der Waals surface area contributed by atoms with Gasteiger partial charge in [-0.05, 0) is 83.6 Å². The Morgan fingerprint density at radius 1 is 0.509 bits per heavy atom. The third-order valence-corrected chi connectivity index (χ3v) is 7.50. The van der Waals surface area contributed by atoms with E-state index < -0.39 is 42.3 Å². The number of para-hydroxylation sites is 1. The van der Waals surface area contributed by atoms with Crippen molar-refractivity contribution < 1.29 is 61.9 Å². The van der Waals surface area contributed by atoms with Crippen LogP contribution in [-0.4, -0.2) is 95.0 Å². The second kappa shape index (κ2) is 27.6. The van der Waals surface area contributed by atoms with Crippen molar-refractivity contribution in [3.8, 4) is 17.2 Å². The van der Waals surface area contributed by atoms with E-state index in [0.717, 1.165) is 6.42 Å². The zero-order valence-corrected chi connectivity index (χ0v) is 33.2. The summed E-state index contributed by atoms with van der Waals surface area (Å²) in [5.41, 5.74) is 0.858. The minimum atomic E-state index is -0.968. The number of hydrogen-bond donors (Lipinski definition) is 2. The van der Waals surface area contributed by atoms with E-state index in [1.54, 1.807) is 50.2 Å². The van der Waals surface area contributed by atoms with E-state index >= 15 is 0 Å². The smallest absolute Gasteiger partial charge is 0.407 e. The van der Waals surface area contributed by atoms with Crippen molar-refractivity contribution in [1.82, 2.24) is 10.6 Å². The van der Waals surface area contributed by atoms with Gasteiger partial charge in [-0.15, -0.1) is 0 Å². The molecule has 2 atom stereocenters. The molecule has 0 saturated heterocycles. The Morgan fingerprint density at radius 2 is 0.912 bits per heavy atom. The largest absolute Gasteiger partial charge is 0.490 e. The van der Waals surface area contributed by atoms with Crippen LogP contribution in [0.2, 0.25) is 0 Å². The number of esters is 3. The van der Waals surface area contributed by atoms with E-state index in [1.807, 2.05) is 18.2 Å². The molecule has 0 saturated carbocycles. The predicted molar refractivity (Wildman–Crippen MR) is 211 cm³/mol. The van der Waals surface area contributed by atoms with Crippen LogP contribution in [0.3, 0.4) is 0 Å². The molecular weight excluding hydrogens is 740 g/mol. The topological polar surface area (TPSA) is 183 Å². The summed E-state index contributed by atoms with van der Waals surface area (Å²) in [4.78, 5) is 60.2. The zero-order valence-electron chi connectivity index (χ0n) is 33.2. The summed E-state index contributed by atoms with van der Waals surface area (Å²) >= 11 is 0. The number of rotatable bonds is 28. The highest BCUT2D eigenvalue weighted by Gasteiger charge is 2.20. The van der Waals surface area contributed by atoms with Gasteiger partial charge in [0, 0.05) is 35.9 Å². The average molecular weight is 797 g/mol. The van der Waals surface area contributed by atoms with Crippen molar-refractivity contribution >= 4 is 30.1 Å². The van der Waals surface area contributed by atoms with E-state index in [9.17, 15) is 24.0 Å². The first kappa shape index (κ1) is 47.2. The number of amides is 2. The molecule has 0 heterocycles. The molecule has 15 heteroatoms.